The quantitative estimate of drug-likeness (QED) is 0.722. The average molecular weight is 355 g/mol. The molecule has 0 aromatic heterocycles. The normalized spacial score (nSPS) is 15.8. The van der Waals surface area contributed by atoms with Crippen molar-refractivity contribution in [3.8, 4) is 5.75 Å². The number of nitrogens with one attached hydrogen (secondary N) is 2. The Bertz CT molecular complexity index is 658. The number of hydrogen-bond donors (Lipinski definition) is 2. The molecular formula is C15H25N5O3S. The minimum absolute atomic E-state index is 0.168. The Kier molecular flexibility index (Phi) is 6.41. The van der Waals surface area contributed by atoms with Gasteiger partial charge >= 0.3 is 0 Å². The van der Waals surface area contributed by atoms with Crippen LogP contribution in [0.2, 0.25) is 0 Å². The van der Waals surface area contributed by atoms with Crippen molar-refractivity contribution in [2.75, 3.05) is 47.6 Å². The summed E-state index contributed by atoms with van der Waals surface area (Å²) in [6.07, 6.45) is 1.04. The Morgan fingerprint density at radius 2 is 2.04 bits per heavy atom. The van der Waals surface area contributed by atoms with Crippen LogP contribution in [0.15, 0.2) is 34.2 Å². The Morgan fingerprint density at radius 1 is 1.33 bits per heavy atom. The first kappa shape index (κ1) is 18.5. The molecule has 0 unspecified atom stereocenters. The van der Waals surface area contributed by atoms with Gasteiger partial charge in [0.2, 0.25) is 5.96 Å². The first-order valence-corrected chi connectivity index (χ1v) is 9.21. The Morgan fingerprint density at radius 3 is 2.58 bits per heavy atom. The van der Waals surface area contributed by atoms with Gasteiger partial charge in [-0.1, -0.05) is 0 Å². The van der Waals surface area contributed by atoms with E-state index in [1.807, 2.05) is 14.1 Å². The minimum Gasteiger partial charge on any atom is -0.497 e. The van der Waals surface area contributed by atoms with Gasteiger partial charge in [-0.15, -0.1) is 0 Å². The molecule has 1 aromatic carbocycles. The number of aliphatic imine (C=N–C) groups is 1. The Hall–Kier alpha value is -1.84. The van der Waals surface area contributed by atoms with Crippen LogP contribution in [0.25, 0.3) is 0 Å². The van der Waals surface area contributed by atoms with E-state index in [1.165, 1.54) is 19.2 Å². The third-order valence-electron chi connectivity index (χ3n) is 3.58. The van der Waals surface area contributed by atoms with E-state index in [-0.39, 0.29) is 10.9 Å². The summed E-state index contributed by atoms with van der Waals surface area (Å²) in [5.41, 5.74) is 0. The number of rotatable bonds is 7. The van der Waals surface area contributed by atoms with Gasteiger partial charge < -0.3 is 15.0 Å². The van der Waals surface area contributed by atoms with E-state index < -0.39 is 10.0 Å². The van der Waals surface area contributed by atoms with E-state index in [2.05, 4.69) is 24.8 Å². The number of nitrogens with zero attached hydrogens (tertiary/aromatic N) is 3. The molecule has 1 heterocycles. The summed E-state index contributed by atoms with van der Waals surface area (Å²) in [5, 5.41) is 3.00. The van der Waals surface area contributed by atoms with Crippen LogP contribution in [0.1, 0.15) is 6.42 Å². The lowest BCUT2D eigenvalue weighted by Crippen LogP contribution is -2.50. The Labute approximate surface area is 143 Å². The van der Waals surface area contributed by atoms with E-state index in [1.54, 1.807) is 12.1 Å². The maximum Gasteiger partial charge on any atom is 0.264 e. The number of methoxy groups -OCH3 is 1. The number of benzene rings is 1. The van der Waals surface area contributed by atoms with E-state index >= 15 is 0 Å². The van der Waals surface area contributed by atoms with E-state index in [0.29, 0.717) is 19.1 Å². The topological polar surface area (TPSA) is 86.3 Å². The minimum atomic E-state index is -3.65. The maximum absolute atomic E-state index is 12.3. The molecule has 0 saturated heterocycles. The molecule has 0 spiro atoms. The molecular weight excluding hydrogens is 330 g/mol. The highest BCUT2D eigenvalue weighted by atomic mass is 32.2. The van der Waals surface area contributed by atoms with Gasteiger partial charge in [-0.2, -0.15) is 0 Å². The summed E-state index contributed by atoms with van der Waals surface area (Å²) < 4.78 is 32.2. The number of guanidine groups is 1. The first-order valence-electron chi connectivity index (χ1n) is 7.73. The van der Waals surface area contributed by atoms with Crippen LogP contribution in [-0.4, -0.2) is 71.8 Å². The predicted molar refractivity (Wildman–Crippen MR) is 93.5 cm³/mol. The zero-order valence-electron chi connectivity index (χ0n) is 14.3. The van der Waals surface area contributed by atoms with Crippen LogP contribution in [0.3, 0.4) is 0 Å². The summed E-state index contributed by atoms with van der Waals surface area (Å²) in [6.45, 7) is 2.96. The molecule has 134 valence electrons. The van der Waals surface area contributed by atoms with Crippen molar-refractivity contribution >= 4 is 16.0 Å². The highest BCUT2D eigenvalue weighted by molar-refractivity contribution is 7.90. The van der Waals surface area contributed by atoms with Crippen molar-refractivity contribution < 1.29 is 13.2 Å². The molecule has 8 nitrogen and oxygen atoms in total. The molecule has 2 rings (SSSR count). The molecule has 0 aliphatic carbocycles. The lowest BCUT2D eigenvalue weighted by atomic mass is 10.3. The lowest BCUT2D eigenvalue weighted by molar-refractivity contribution is 0.246. The summed E-state index contributed by atoms with van der Waals surface area (Å²) in [6, 6.07) is 6.21. The van der Waals surface area contributed by atoms with Gasteiger partial charge in [0.25, 0.3) is 10.0 Å². The van der Waals surface area contributed by atoms with Crippen LogP contribution in [0.5, 0.6) is 5.75 Å². The predicted octanol–water partition coefficient (Wildman–Crippen LogP) is 0.101. The molecule has 0 radical (unpaired) electrons. The second-order valence-corrected chi connectivity index (χ2v) is 7.50. The molecule has 1 aromatic rings. The molecule has 0 bridgehead atoms. The number of ether oxygens (including phenoxy) is 1. The molecule has 24 heavy (non-hydrogen) atoms. The van der Waals surface area contributed by atoms with Gasteiger partial charge in [0.05, 0.1) is 25.3 Å². The first-order chi connectivity index (χ1) is 11.4. The van der Waals surface area contributed by atoms with Gasteiger partial charge in [-0.25, -0.2) is 18.1 Å². The van der Waals surface area contributed by atoms with Crippen LogP contribution in [0.4, 0.5) is 0 Å². The second-order valence-electron chi connectivity index (χ2n) is 5.82. The molecule has 1 aliphatic rings. The highest BCUT2D eigenvalue weighted by Crippen LogP contribution is 2.15. The van der Waals surface area contributed by atoms with Crippen molar-refractivity contribution in [1.82, 2.24) is 19.8 Å². The van der Waals surface area contributed by atoms with Crippen molar-refractivity contribution in [3.63, 3.8) is 0 Å². The third-order valence-corrected chi connectivity index (χ3v) is 4.93. The smallest absolute Gasteiger partial charge is 0.264 e. The molecule has 0 fully saturated rings. The van der Waals surface area contributed by atoms with Gasteiger partial charge in [-0.05, 0) is 51.3 Å². The average Bonchev–Trinajstić information content (AvgIpc) is 2.56. The molecule has 0 saturated carbocycles. The van der Waals surface area contributed by atoms with Gasteiger partial charge in [-0.3, -0.25) is 4.90 Å². The van der Waals surface area contributed by atoms with E-state index in [0.717, 1.165) is 19.5 Å². The third kappa shape index (κ3) is 5.36. The van der Waals surface area contributed by atoms with E-state index in [9.17, 15) is 8.42 Å². The van der Waals surface area contributed by atoms with Crippen molar-refractivity contribution in [2.24, 2.45) is 4.99 Å². The Balaban J connectivity index is 1.90. The van der Waals surface area contributed by atoms with Crippen molar-refractivity contribution in [1.29, 1.82) is 0 Å². The molecule has 9 heteroatoms. The largest absolute Gasteiger partial charge is 0.497 e. The van der Waals surface area contributed by atoms with Crippen LogP contribution >= 0.6 is 0 Å². The van der Waals surface area contributed by atoms with Crippen molar-refractivity contribution in [2.45, 2.75) is 11.3 Å². The molecule has 0 atom stereocenters. The zero-order valence-corrected chi connectivity index (χ0v) is 15.1. The number of hydrogen-bond acceptors (Lipinski definition) is 7. The summed E-state index contributed by atoms with van der Waals surface area (Å²) in [4.78, 5) is 8.68. The second kappa shape index (κ2) is 8.32. The fraction of sp³-hybridized carbons (Fsp3) is 0.533. The molecule has 1 aliphatic heterocycles. The monoisotopic (exact) mass is 355 g/mol. The fourth-order valence-corrected chi connectivity index (χ4v) is 3.24. The van der Waals surface area contributed by atoms with E-state index in [4.69, 9.17) is 4.74 Å². The SMILES string of the molecule is COc1ccc(S(=O)(=O)NC2=NCN(CCCN(C)C)CN2)cc1. The van der Waals surface area contributed by atoms with Crippen molar-refractivity contribution in [3.05, 3.63) is 24.3 Å². The summed E-state index contributed by atoms with van der Waals surface area (Å²) in [7, 11) is 1.96. The lowest BCUT2D eigenvalue weighted by Gasteiger charge is -2.27. The fourth-order valence-electron chi connectivity index (χ4n) is 2.23. The van der Waals surface area contributed by atoms with Gasteiger partial charge in [0.1, 0.15) is 5.75 Å². The van der Waals surface area contributed by atoms with Gasteiger partial charge in [0, 0.05) is 6.54 Å². The number of sulfonamides is 1. The van der Waals surface area contributed by atoms with Gasteiger partial charge in [0.15, 0.2) is 0 Å². The standard InChI is InChI=1S/C15H25N5O3S/c1-19(2)9-4-10-20-11-16-15(17-12-20)18-24(21,22)14-7-5-13(23-3)6-8-14/h5-8H,4,9-12H2,1-3H3,(H2,16,17,18). The zero-order chi connectivity index (χ0) is 17.6. The van der Waals surface area contributed by atoms with Crippen LogP contribution in [-0.2, 0) is 10.0 Å². The summed E-state index contributed by atoms with van der Waals surface area (Å²) in [5.74, 6) is 0.880. The highest BCUT2D eigenvalue weighted by Gasteiger charge is 2.19. The molecule has 2 N–H and O–H groups in total. The van der Waals surface area contributed by atoms with Crippen LogP contribution in [0, 0.1) is 0 Å². The molecule has 0 amide bonds. The maximum atomic E-state index is 12.3. The van der Waals surface area contributed by atoms with Crippen LogP contribution < -0.4 is 14.8 Å². The summed E-state index contributed by atoms with van der Waals surface area (Å²) >= 11 is 0.